The smallest absolute Gasteiger partial charge is 0.339 e. The van der Waals surface area contributed by atoms with Gasteiger partial charge in [-0.05, 0) is 43.5 Å². The van der Waals surface area contributed by atoms with E-state index in [1.54, 1.807) is 24.0 Å². The zero-order valence-corrected chi connectivity index (χ0v) is 14.8. The fourth-order valence-electron chi connectivity index (χ4n) is 3.25. The Morgan fingerprint density at radius 1 is 1.00 bits per heavy atom. The molecular weight excluding hydrogens is 357 g/mol. The molecule has 0 spiro atoms. The summed E-state index contributed by atoms with van der Waals surface area (Å²) in [5, 5.41) is 2.50. The van der Waals surface area contributed by atoms with Gasteiger partial charge in [0.25, 0.3) is 11.8 Å². The van der Waals surface area contributed by atoms with E-state index in [9.17, 15) is 22.8 Å². The van der Waals surface area contributed by atoms with Gasteiger partial charge in [0.15, 0.2) is 0 Å². The number of aryl methyl sites for hydroxylation is 1. The highest BCUT2D eigenvalue weighted by Gasteiger charge is 2.35. The number of nitrogens with zero attached hydrogens (tertiary/aromatic N) is 1. The van der Waals surface area contributed by atoms with Gasteiger partial charge in [0.2, 0.25) is 0 Å². The van der Waals surface area contributed by atoms with Crippen LogP contribution in [0.25, 0.3) is 0 Å². The lowest BCUT2D eigenvalue weighted by Crippen LogP contribution is -2.29. The van der Waals surface area contributed by atoms with Crippen molar-refractivity contribution in [2.75, 3.05) is 18.4 Å². The molecule has 3 rings (SSSR count). The fraction of sp³-hybridized carbons (Fsp3) is 0.300. The van der Waals surface area contributed by atoms with Crippen LogP contribution in [0.1, 0.15) is 44.7 Å². The van der Waals surface area contributed by atoms with Crippen molar-refractivity contribution in [3.8, 4) is 0 Å². The van der Waals surface area contributed by atoms with E-state index in [1.807, 2.05) is 0 Å². The molecule has 0 saturated carbocycles. The van der Waals surface area contributed by atoms with E-state index in [0.29, 0.717) is 24.2 Å². The zero-order valence-electron chi connectivity index (χ0n) is 14.8. The number of anilines is 1. The topological polar surface area (TPSA) is 49.4 Å². The van der Waals surface area contributed by atoms with Gasteiger partial charge in [-0.1, -0.05) is 24.3 Å². The van der Waals surface area contributed by atoms with Gasteiger partial charge in [0, 0.05) is 13.1 Å². The van der Waals surface area contributed by atoms with Gasteiger partial charge < -0.3 is 10.2 Å². The minimum absolute atomic E-state index is 0.217. The summed E-state index contributed by atoms with van der Waals surface area (Å²) in [6, 6.07) is 9.51. The van der Waals surface area contributed by atoms with E-state index in [0.717, 1.165) is 25.0 Å². The Morgan fingerprint density at radius 2 is 1.67 bits per heavy atom. The molecule has 0 aromatic heterocycles. The van der Waals surface area contributed by atoms with Crippen molar-refractivity contribution in [3.05, 3.63) is 64.7 Å². The molecule has 1 aliphatic rings. The van der Waals surface area contributed by atoms with Crippen LogP contribution in [-0.4, -0.2) is 29.8 Å². The quantitative estimate of drug-likeness (QED) is 0.857. The SMILES string of the molecule is Cc1cccc(NC(=O)c2ccccc2C(F)(F)F)c1C(=O)N1CCCC1. The number of amides is 2. The maximum absolute atomic E-state index is 13.2. The summed E-state index contributed by atoms with van der Waals surface area (Å²) >= 11 is 0. The molecule has 27 heavy (non-hydrogen) atoms. The molecule has 0 atom stereocenters. The van der Waals surface area contributed by atoms with Crippen LogP contribution in [0.3, 0.4) is 0 Å². The zero-order chi connectivity index (χ0) is 19.6. The Hall–Kier alpha value is -2.83. The second kappa shape index (κ2) is 7.42. The molecule has 0 radical (unpaired) electrons. The van der Waals surface area contributed by atoms with Gasteiger partial charge in [-0.3, -0.25) is 9.59 Å². The van der Waals surface area contributed by atoms with Gasteiger partial charge in [-0.25, -0.2) is 0 Å². The highest BCUT2D eigenvalue weighted by molar-refractivity contribution is 6.10. The van der Waals surface area contributed by atoms with Crippen LogP contribution >= 0.6 is 0 Å². The number of carbonyl (C=O) groups is 2. The van der Waals surface area contributed by atoms with Crippen molar-refractivity contribution < 1.29 is 22.8 Å². The summed E-state index contributed by atoms with van der Waals surface area (Å²) in [6.07, 6.45) is -2.81. The maximum Gasteiger partial charge on any atom is 0.417 e. The molecule has 0 unspecified atom stereocenters. The number of hydrogen-bond donors (Lipinski definition) is 1. The highest BCUT2D eigenvalue weighted by atomic mass is 19.4. The first-order chi connectivity index (χ1) is 12.8. The molecule has 0 aliphatic carbocycles. The maximum atomic E-state index is 13.2. The van der Waals surface area contributed by atoms with Crippen LogP contribution in [-0.2, 0) is 6.18 Å². The van der Waals surface area contributed by atoms with Crippen molar-refractivity contribution in [1.29, 1.82) is 0 Å². The molecular formula is C20H19F3N2O2. The number of rotatable bonds is 3. The van der Waals surface area contributed by atoms with E-state index in [-0.39, 0.29) is 11.6 Å². The molecule has 0 bridgehead atoms. The van der Waals surface area contributed by atoms with E-state index >= 15 is 0 Å². The Bertz CT molecular complexity index is 872. The third-order valence-corrected chi connectivity index (χ3v) is 4.61. The summed E-state index contributed by atoms with van der Waals surface area (Å²) < 4.78 is 39.5. The van der Waals surface area contributed by atoms with Gasteiger partial charge in [-0.2, -0.15) is 13.2 Å². The third kappa shape index (κ3) is 3.97. The minimum atomic E-state index is -4.64. The fourth-order valence-corrected chi connectivity index (χ4v) is 3.25. The molecule has 1 heterocycles. The average Bonchev–Trinajstić information content (AvgIpc) is 3.15. The average molecular weight is 376 g/mol. The van der Waals surface area contributed by atoms with E-state index in [1.165, 1.54) is 18.2 Å². The van der Waals surface area contributed by atoms with Crippen LogP contribution in [0, 0.1) is 6.92 Å². The highest BCUT2D eigenvalue weighted by Crippen LogP contribution is 2.32. The van der Waals surface area contributed by atoms with Crippen molar-refractivity contribution in [2.24, 2.45) is 0 Å². The lowest BCUT2D eigenvalue weighted by atomic mass is 10.0. The lowest BCUT2D eigenvalue weighted by Gasteiger charge is -2.20. The summed E-state index contributed by atoms with van der Waals surface area (Å²) in [6.45, 7) is 3.01. The predicted octanol–water partition coefficient (Wildman–Crippen LogP) is 4.50. The van der Waals surface area contributed by atoms with Crippen LogP contribution in [0.2, 0.25) is 0 Å². The largest absolute Gasteiger partial charge is 0.417 e. The number of carbonyl (C=O) groups excluding carboxylic acids is 2. The van der Waals surface area contributed by atoms with Crippen LogP contribution < -0.4 is 5.32 Å². The molecule has 1 fully saturated rings. The molecule has 7 heteroatoms. The normalized spacial score (nSPS) is 14.3. The summed E-state index contributed by atoms with van der Waals surface area (Å²) in [4.78, 5) is 27.1. The second-order valence-electron chi connectivity index (χ2n) is 6.49. The first-order valence-corrected chi connectivity index (χ1v) is 8.65. The van der Waals surface area contributed by atoms with Gasteiger partial charge in [0.1, 0.15) is 0 Å². The molecule has 1 saturated heterocycles. The molecule has 2 amide bonds. The number of likely N-dealkylation sites (tertiary alicyclic amines) is 1. The van der Waals surface area contributed by atoms with Gasteiger partial charge in [-0.15, -0.1) is 0 Å². The van der Waals surface area contributed by atoms with Crippen LogP contribution in [0.15, 0.2) is 42.5 Å². The summed E-state index contributed by atoms with van der Waals surface area (Å²) in [7, 11) is 0. The molecule has 1 aliphatic heterocycles. The molecule has 142 valence electrons. The third-order valence-electron chi connectivity index (χ3n) is 4.61. The van der Waals surface area contributed by atoms with E-state index < -0.39 is 23.2 Å². The summed E-state index contributed by atoms with van der Waals surface area (Å²) in [5.41, 5.74) is -0.298. The number of alkyl halides is 3. The van der Waals surface area contributed by atoms with Gasteiger partial charge in [0.05, 0.1) is 22.4 Å². The predicted molar refractivity (Wildman–Crippen MR) is 95.7 cm³/mol. The van der Waals surface area contributed by atoms with Gasteiger partial charge >= 0.3 is 6.18 Å². The van der Waals surface area contributed by atoms with Crippen molar-refractivity contribution in [2.45, 2.75) is 25.9 Å². The minimum Gasteiger partial charge on any atom is -0.339 e. The summed E-state index contributed by atoms with van der Waals surface area (Å²) in [5.74, 6) is -1.12. The van der Waals surface area contributed by atoms with E-state index in [4.69, 9.17) is 0 Å². The van der Waals surface area contributed by atoms with Crippen molar-refractivity contribution >= 4 is 17.5 Å². The molecule has 2 aromatic rings. The van der Waals surface area contributed by atoms with Crippen molar-refractivity contribution in [3.63, 3.8) is 0 Å². The Morgan fingerprint density at radius 3 is 2.33 bits per heavy atom. The molecule has 2 aromatic carbocycles. The number of nitrogens with one attached hydrogen (secondary N) is 1. The number of hydrogen-bond acceptors (Lipinski definition) is 2. The van der Waals surface area contributed by atoms with Crippen LogP contribution in [0.5, 0.6) is 0 Å². The van der Waals surface area contributed by atoms with Crippen molar-refractivity contribution in [1.82, 2.24) is 4.90 Å². The standard InChI is InChI=1S/C20H19F3N2O2/c1-13-7-6-10-16(17(13)19(27)25-11-4-5-12-25)24-18(26)14-8-2-3-9-15(14)20(21,22)23/h2-3,6-10H,4-5,11-12H2,1H3,(H,24,26). The van der Waals surface area contributed by atoms with Crippen LogP contribution in [0.4, 0.5) is 18.9 Å². The monoisotopic (exact) mass is 376 g/mol. The Labute approximate surface area is 155 Å². The number of halogens is 3. The Balaban J connectivity index is 1.94. The first kappa shape index (κ1) is 18.9. The first-order valence-electron chi connectivity index (χ1n) is 8.65. The number of benzene rings is 2. The van der Waals surface area contributed by atoms with E-state index in [2.05, 4.69) is 5.32 Å². The molecule has 4 nitrogen and oxygen atoms in total. The lowest BCUT2D eigenvalue weighted by molar-refractivity contribution is -0.137. The molecule has 1 N–H and O–H groups in total. The second-order valence-corrected chi connectivity index (χ2v) is 6.49. The Kier molecular flexibility index (Phi) is 5.21.